The van der Waals surface area contributed by atoms with E-state index in [1.807, 2.05) is 30.3 Å². The maximum absolute atomic E-state index is 13.4. The van der Waals surface area contributed by atoms with Crippen LogP contribution in [0, 0.1) is 5.82 Å². The predicted molar refractivity (Wildman–Crippen MR) is 77.5 cm³/mol. The molecule has 1 saturated carbocycles. The Morgan fingerprint density at radius 2 is 1.85 bits per heavy atom. The van der Waals surface area contributed by atoms with E-state index in [1.165, 1.54) is 12.1 Å². The quantitative estimate of drug-likeness (QED) is 0.819. The number of carbonyl (C=O) groups is 1. The second-order valence-corrected chi connectivity index (χ2v) is 5.70. The van der Waals surface area contributed by atoms with Crippen LogP contribution in [0.3, 0.4) is 0 Å². The van der Waals surface area contributed by atoms with Crippen LogP contribution >= 0.6 is 11.6 Å². The summed E-state index contributed by atoms with van der Waals surface area (Å²) in [5.41, 5.74) is 1.40. The molecule has 0 amide bonds. The van der Waals surface area contributed by atoms with E-state index in [4.69, 9.17) is 11.6 Å². The molecule has 0 spiro atoms. The van der Waals surface area contributed by atoms with Crippen molar-refractivity contribution in [1.29, 1.82) is 0 Å². The van der Waals surface area contributed by atoms with Gasteiger partial charge in [-0.25, -0.2) is 4.39 Å². The Balaban J connectivity index is 1.81. The molecule has 0 atom stereocenters. The zero-order valence-electron chi connectivity index (χ0n) is 10.9. The molecule has 0 N–H and O–H groups in total. The van der Waals surface area contributed by atoms with E-state index in [9.17, 15) is 9.18 Å². The number of benzene rings is 2. The molecule has 2 aromatic carbocycles. The molecule has 2 aromatic rings. The van der Waals surface area contributed by atoms with Crippen molar-refractivity contribution >= 4 is 17.4 Å². The van der Waals surface area contributed by atoms with Gasteiger partial charge in [0.2, 0.25) is 0 Å². The van der Waals surface area contributed by atoms with Gasteiger partial charge < -0.3 is 0 Å². The van der Waals surface area contributed by atoms with E-state index in [2.05, 4.69) is 0 Å². The lowest BCUT2D eigenvalue weighted by molar-refractivity contribution is -0.120. The standard InChI is InChI=1S/C17H14ClFO/c18-14-7-6-12(10-15(14)19)11-16(20)17(8-9-17)13-4-2-1-3-5-13/h1-7,10H,8-9,11H2. The van der Waals surface area contributed by atoms with Gasteiger partial charge in [-0.15, -0.1) is 0 Å². The number of ketones is 1. The number of hydrogen-bond acceptors (Lipinski definition) is 1. The van der Waals surface area contributed by atoms with Gasteiger partial charge in [-0.1, -0.05) is 48.0 Å². The second-order valence-electron chi connectivity index (χ2n) is 5.30. The molecule has 1 fully saturated rings. The molecule has 20 heavy (non-hydrogen) atoms. The first-order valence-corrected chi connectivity index (χ1v) is 7.02. The first-order chi connectivity index (χ1) is 9.62. The maximum atomic E-state index is 13.4. The van der Waals surface area contributed by atoms with Crippen LogP contribution in [-0.2, 0) is 16.6 Å². The monoisotopic (exact) mass is 288 g/mol. The lowest BCUT2D eigenvalue weighted by atomic mass is 9.88. The molecular weight excluding hydrogens is 275 g/mol. The average molecular weight is 289 g/mol. The van der Waals surface area contributed by atoms with Gasteiger partial charge >= 0.3 is 0 Å². The molecule has 0 unspecified atom stereocenters. The summed E-state index contributed by atoms with van der Waals surface area (Å²) in [5, 5.41) is 0.0883. The molecule has 0 aliphatic heterocycles. The summed E-state index contributed by atoms with van der Waals surface area (Å²) in [6, 6.07) is 14.4. The summed E-state index contributed by atoms with van der Waals surface area (Å²) in [7, 11) is 0. The summed E-state index contributed by atoms with van der Waals surface area (Å²) < 4.78 is 13.4. The Morgan fingerprint density at radius 1 is 1.15 bits per heavy atom. The Morgan fingerprint density at radius 3 is 2.45 bits per heavy atom. The highest BCUT2D eigenvalue weighted by Crippen LogP contribution is 2.49. The summed E-state index contributed by atoms with van der Waals surface area (Å²) in [6.07, 6.45) is 2.01. The van der Waals surface area contributed by atoms with Crippen LogP contribution in [0.4, 0.5) is 4.39 Å². The van der Waals surface area contributed by atoms with Crippen molar-refractivity contribution in [2.45, 2.75) is 24.7 Å². The third-order valence-electron chi connectivity index (χ3n) is 3.96. The zero-order chi connectivity index (χ0) is 14.2. The van der Waals surface area contributed by atoms with E-state index < -0.39 is 5.82 Å². The van der Waals surface area contributed by atoms with Crippen molar-refractivity contribution in [1.82, 2.24) is 0 Å². The van der Waals surface area contributed by atoms with E-state index in [0.29, 0.717) is 5.56 Å². The summed E-state index contributed by atoms with van der Waals surface area (Å²) in [4.78, 5) is 12.5. The van der Waals surface area contributed by atoms with Crippen LogP contribution in [0.15, 0.2) is 48.5 Å². The van der Waals surface area contributed by atoms with Crippen LogP contribution < -0.4 is 0 Å². The van der Waals surface area contributed by atoms with Crippen molar-refractivity contribution in [3.8, 4) is 0 Å². The van der Waals surface area contributed by atoms with E-state index in [1.54, 1.807) is 6.07 Å². The highest BCUT2D eigenvalue weighted by molar-refractivity contribution is 6.30. The molecule has 1 aliphatic carbocycles. The van der Waals surface area contributed by atoms with Crippen molar-refractivity contribution in [2.24, 2.45) is 0 Å². The summed E-state index contributed by atoms with van der Waals surface area (Å²) in [6.45, 7) is 0. The first-order valence-electron chi connectivity index (χ1n) is 6.65. The Bertz CT molecular complexity index is 647. The van der Waals surface area contributed by atoms with Crippen molar-refractivity contribution < 1.29 is 9.18 Å². The van der Waals surface area contributed by atoms with Gasteiger partial charge in [0.1, 0.15) is 11.6 Å². The highest BCUT2D eigenvalue weighted by atomic mass is 35.5. The SMILES string of the molecule is O=C(Cc1ccc(Cl)c(F)c1)C1(c2ccccc2)CC1. The Hall–Kier alpha value is -1.67. The fourth-order valence-electron chi connectivity index (χ4n) is 2.61. The molecule has 0 bridgehead atoms. The van der Waals surface area contributed by atoms with Crippen LogP contribution in [0.1, 0.15) is 24.0 Å². The van der Waals surface area contributed by atoms with Gasteiger partial charge in [0.05, 0.1) is 10.4 Å². The molecule has 3 heteroatoms. The minimum atomic E-state index is -0.471. The van der Waals surface area contributed by atoms with Gasteiger partial charge in [-0.05, 0) is 36.1 Å². The number of rotatable bonds is 4. The number of halogens is 2. The molecule has 3 rings (SSSR count). The third kappa shape index (κ3) is 2.36. The van der Waals surface area contributed by atoms with E-state index in [0.717, 1.165) is 18.4 Å². The minimum absolute atomic E-state index is 0.0883. The minimum Gasteiger partial charge on any atom is -0.298 e. The first kappa shape index (κ1) is 13.3. The van der Waals surface area contributed by atoms with Crippen LogP contribution in [0.5, 0.6) is 0 Å². The number of Topliss-reactive ketones (excluding diaryl/α,β-unsaturated/α-hetero) is 1. The average Bonchev–Trinajstić information content (AvgIpc) is 3.26. The smallest absolute Gasteiger partial charge is 0.147 e. The molecule has 1 aliphatic rings. The largest absolute Gasteiger partial charge is 0.298 e. The van der Waals surface area contributed by atoms with Gasteiger partial charge in [-0.2, -0.15) is 0 Å². The molecule has 0 saturated heterocycles. The zero-order valence-corrected chi connectivity index (χ0v) is 11.7. The summed E-state index contributed by atoms with van der Waals surface area (Å²) >= 11 is 5.66. The lowest BCUT2D eigenvalue weighted by Gasteiger charge is -2.14. The molecule has 0 heterocycles. The van der Waals surface area contributed by atoms with Crippen LogP contribution in [0.25, 0.3) is 0 Å². The fourth-order valence-corrected chi connectivity index (χ4v) is 2.73. The Kier molecular flexibility index (Phi) is 3.35. The lowest BCUT2D eigenvalue weighted by Crippen LogP contribution is -2.22. The van der Waals surface area contributed by atoms with Gasteiger partial charge in [0, 0.05) is 6.42 Å². The highest BCUT2D eigenvalue weighted by Gasteiger charge is 2.50. The number of carbonyl (C=O) groups excluding carboxylic acids is 1. The Labute approximate surface area is 122 Å². The predicted octanol–water partition coefficient (Wildman–Crippen LogP) is 4.32. The van der Waals surface area contributed by atoms with Gasteiger partial charge in [0.15, 0.2) is 0 Å². The molecule has 0 radical (unpaired) electrons. The van der Waals surface area contributed by atoms with Crippen molar-refractivity contribution in [3.05, 3.63) is 70.5 Å². The molecule has 1 nitrogen and oxygen atoms in total. The second kappa shape index (κ2) is 5.02. The third-order valence-corrected chi connectivity index (χ3v) is 4.27. The normalized spacial score (nSPS) is 15.9. The van der Waals surface area contributed by atoms with E-state index in [-0.39, 0.29) is 22.6 Å². The van der Waals surface area contributed by atoms with Crippen molar-refractivity contribution in [2.75, 3.05) is 0 Å². The maximum Gasteiger partial charge on any atom is 0.147 e. The topological polar surface area (TPSA) is 17.1 Å². The van der Waals surface area contributed by atoms with Crippen LogP contribution in [0.2, 0.25) is 5.02 Å². The van der Waals surface area contributed by atoms with Crippen molar-refractivity contribution in [3.63, 3.8) is 0 Å². The van der Waals surface area contributed by atoms with Crippen LogP contribution in [-0.4, -0.2) is 5.78 Å². The fraction of sp³-hybridized carbons (Fsp3) is 0.235. The number of hydrogen-bond donors (Lipinski definition) is 0. The molecule has 102 valence electrons. The molecule has 0 aromatic heterocycles. The van der Waals surface area contributed by atoms with Gasteiger partial charge in [0.25, 0.3) is 0 Å². The van der Waals surface area contributed by atoms with E-state index >= 15 is 0 Å². The van der Waals surface area contributed by atoms with Gasteiger partial charge in [-0.3, -0.25) is 4.79 Å². The summed E-state index contributed by atoms with van der Waals surface area (Å²) in [5.74, 6) is -0.313. The molecular formula is C17H14ClFO.